The Kier molecular flexibility index (Phi) is 6.19. The third-order valence-electron chi connectivity index (χ3n) is 3.65. The fraction of sp³-hybridized carbons (Fsp3) is 0.278. The summed E-state index contributed by atoms with van der Waals surface area (Å²) in [5.41, 5.74) is 3.21. The van der Waals surface area contributed by atoms with Crippen molar-refractivity contribution in [2.24, 2.45) is 0 Å². The van der Waals surface area contributed by atoms with Crippen LogP contribution in [0, 0.1) is 0 Å². The Morgan fingerprint density at radius 1 is 1.23 bits per heavy atom. The first-order valence-electron chi connectivity index (χ1n) is 8.35. The highest BCUT2D eigenvalue weighted by molar-refractivity contribution is 9.10. The third kappa shape index (κ3) is 5.27. The van der Waals surface area contributed by atoms with Crippen molar-refractivity contribution in [3.8, 4) is 0 Å². The number of hydrogen-bond donors (Lipinski definition) is 3. The second kappa shape index (κ2) is 8.77. The van der Waals surface area contributed by atoms with E-state index in [2.05, 4.69) is 77.6 Å². The van der Waals surface area contributed by atoms with E-state index in [0.29, 0.717) is 5.95 Å². The average molecular weight is 416 g/mol. The largest absolute Gasteiger partial charge is 0.369 e. The summed E-state index contributed by atoms with van der Waals surface area (Å²) in [6, 6.07) is 8.25. The normalized spacial score (nSPS) is 10.9. The van der Waals surface area contributed by atoms with Crippen LogP contribution in [0.25, 0.3) is 0 Å². The van der Waals surface area contributed by atoms with Crippen LogP contribution in [0.15, 0.2) is 47.5 Å². The zero-order valence-corrected chi connectivity index (χ0v) is 16.4. The molecular formula is C18H22BrN7. The quantitative estimate of drug-likeness (QED) is 0.522. The van der Waals surface area contributed by atoms with Gasteiger partial charge >= 0.3 is 0 Å². The van der Waals surface area contributed by atoms with Gasteiger partial charge in [0.05, 0.1) is 16.5 Å². The lowest BCUT2D eigenvalue weighted by Crippen LogP contribution is -2.11. The summed E-state index contributed by atoms with van der Waals surface area (Å²) in [6.45, 7) is 1.62. The Morgan fingerprint density at radius 2 is 2.12 bits per heavy atom. The Bertz CT molecular complexity index is 833. The van der Waals surface area contributed by atoms with E-state index in [4.69, 9.17) is 0 Å². The lowest BCUT2D eigenvalue weighted by atomic mass is 10.2. The highest BCUT2D eigenvalue weighted by atomic mass is 79.9. The number of aromatic amines is 1. The maximum atomic E-state index is 4.56. The molecule has 0 aliphatic rings. The van der Waals surface area contributed by atoms with Gasteiger partial charge in [0.1, 0.15) is 5.82 Å². The van der Waals surface area contributed by atoms with Crippen molar-refractivity contribution < 1.29 is 0 Å². The number of anilines is 3. The molecule has 26 heavy (non-hydrogen) atoms. The highest BCUT2D eigenvalue weighted by Crippen LogP contribution is 2.22. The number of benzene rings is 1. The van der Waals surface area contributed by atoms with E-state index in [-0.39, 0.29) is 0 Å². The number of rotatable bonds is 8. The molecule has 1 aromatic carbocycles. The number of imidazole rings is 1. The molecule has 136 valence electrons. The smallest absolute Gasteiger partial charge is 0.229 e. The fourth-order valence-electron chi connectivity index (χ4n) is 2.53. The molecule has 3 N–H and O–H groups in total. The summed E-state index contributed by atoms with van der Waals surface area (Å²) in [5, 5.41) is 6.59. The van der Waals surface area contributed by atoms with Gasteiger partial charge in [-0.2, -0.15) is 4.98 Å². The minimum atomic E-state index is 0.553. The van der Waals surface area contributed by atoms with Gasteiger partial charge in [-0.25, -0.2) is 9.97 Å². The number of hydrogen-bond acceptors (Lipinski definition) is 6. The molecular weight excluding hydrogens is 394 g/mol. The van der Waals surface area contributed by atoms with Gasteiger partial charge in [-0.1, -0.05) is 12.1 Å². The van der Waals surface area contributed by atoms with E-state index < -0.39 is 0 Å². The molecule has 2 heterocycles. The highest BCUT2D eigenvalue weighted by Gasteiger charge is 2.06. The SMILES string of the molecule is CN(C)Cc1cccc(Nc2ncc(Br)c(NCCc3c[nH]cn3)n2)c1. The molecule has 3 rings (SSSR count). The van der Waals surface area contributed by atoms with Gasteiger partial charge in [-0.15, -0.1) is 0 Å². The van der Waals surface area contributed by atoms with Crippen LogP contribution in [0.2, 0.25) is 0 Å². The Hall–Kier alpha value is -2.45. The van der Waals surface area contributed by atoms with Gasteiger partial charge in [0.15, 0.2) is 0 Å². The van der Waals surface area contributed by atoms with Crippen LogP contribution in [0.5, 0.6) is 0 Å². The van der Waals surface area contributed by atoms with Crippen LogP contribution in [0.4, 0.5) is 17.5 Å². The topological polar surface area (TPSA) is 81.8 Å². The van der Waals surface area contributed by atoms with Crippen molar-refractivity contribution in [1.29, 1.82) is 0 Å². The summed E-state index contributed by atoms with van der Waals surface area (Å²) in [4.78, 5) is 18.2. The summed E-state index contributed by atoms with van der Waals surface area (Å²) < 4.78 is 0.825. The molecule has 8 heteroatoms. The average Bonchev–Trinajstić information content (AvgIpc) is 3.11. The zero-order chi connectivity index (χ0) is 18.4. The Morgan fingerprint density at radius 3 is 2.88 bits per heavy atom. The molecule has 0 saturated carbocycles. The molecule has 0 atom stereocenters. The van der Waals surface area contributed by atoms with Gasteiger partial charge in [-0.3, -0.25) is 0 Å². The maximum Gasteiger partial charge on any atom is 0.229 e. The predicted molar refractivity (Wildman–Crippen MR) is 108 cm³/mol. The van der Waals surface area contributed by atoms with E-state index in [9.17, 15) is 0 Å². The Balaban J connectivity index is 1.65. The van der Waals surface area contributed by atoms with Crippen LogP contribution in [-0.2, 0) is 13.0 Å². The van der Waals surface area contributed by atoms with Crippen molar-refractivity contribution in [2.45, 2.75) is 13.0 Å². The molecule has 3 aromatic rings. The first-order chi connectivity index (χ1) is 12.6. The van der Waals surface area contributed by atoms with Crippen LogP contribution in [0.1, 0.15) is 11.3 Å². The molecule has 0 fully saturated rings. The maximum absolute atomic E-state index is 4.56. The molecule has 0 bridgehead atoms. The minimum Gasteiger partial charge on any atom is -0.369 e. The first-order valence-corrected chi connectivity index (χ1v) is 9.14. The number of H-pyrrole nitrogens is 1. The lowest BCUT2D eigenvalue weighted by Gasteiger charge is -2.12. The van der Waals surface area contributed by atoms with E-state index in [1.165, 1.54) is 5.56 Å². The number of aromatic nitrogens is 4. The molecule has 0 saturated heterocycles. The molecule has 0 radical (unpaired) electrons. The molecule has 2 aromatic heterocycles. The summed E-state index contributed by atoms with van der Waals surface area (Å²) in [6.07, 6.45) is 6.14. The standard InChI is InChI=1S/C18H22BrN7/c1-26(2)11-13-4-3-5-14(8-13)24-18-22-10-16(19)17(25-18)21-7-6-15-9-20-12-23-15/h3-5,8-10,12H,6-7,11H2,1-2H3,(H,20,23)(H2,21,22,24,25). The van der Waals surface area contributed by atoms with Gasteiger partial charge in [0.25, 0.3) is 0 Å². The zero-order valence-electron chi connectivity index (χ0n) is 14.8. The summed E-state index contributed by atoms with van der Waals surface area (Å²) >= 11 is 3.49. The van der Waals surface area contributed by atoms with Crippen LogP contribution < -0.4 is 10.6 Å². The first kappa shape index (κ1) is 18.3. The van der Waals surface area contributed by atoms with Crippen molar-refractivity contribution in [1.82, 2.24) is 24.8 Å². The number of halogens is 1. The molecule has 0 spiro atoms. The van der Waals surface area contributed by atoms with E-state index in [1.807, 2.05) is 18.3 Å². The summed E-state index contributed by atoms with van der Waals surface area (Å²) in [7, 11) is 4.11. The minimum absolute atomic E-state index is 0.553. The van der Waals surface area contributed by atoms with Crippen molar-refractivity contribution in [3.05, 3.63) is 58.7 Å². The molecule has 0 aliphatic carbocycles. The van der Waals surface area contributed by atoms with Gasteiger partial charge in [0, 0.05) is 37.6 Å². The van der Waals surface area contributed by atoms with Crippen molar-refractivity contribution in [2.75, 3.05) is 31.3 Å². The second-order valence-electron chi connectivity index (χ2n) is 6.19. The monoisotopic (exact) mass is 415 g/mol. The predicted octanol–water partition coefficient (Wildman–Crippen LogP) is 3.42. The third-order valence-corrected chi connectivity index (χ3v) is 4.23. The van der Waals surface area contributed by atoms with Gasteiger partial charge in [-0.05, 0) is 47.7 Å². The summed E-state index contributed by atoms with van der Waals surface area (Å²) in [5.74, 6) is 1.31. The number of nitrogens with zero attached hydrogens (tertiary/aromatic N) is 4. The molecule has 0 unspecified atom stereocenters. The lowest BCUT2D eigenvalue weighted by molar-refractivity contribution is 0.402. The van der Waals surface area contributed by atoms with Gasteiger partial charge < -0.3 is 20.5 Å². The van der Waals surface area contributed by atoms with Crippen LogP contribution in [-0.4, -0.2) is 45.5 Å². The van der Waals surface area contributed by atoms with Gasteiger partial charge in [0.2, 0.25) is 5.95 Å². The number of nitrogens with one attached hydrogen (secondary N) is 3. The van der Waals surface area contributed by atoms with E-state index >= 15 is 0 Å². The van der Waals surface area contributed by atoms with Crippen molar-refractivity contribution >= 4 is 33.4 Å². The fourth-order valence-corrected chi connectivity index (χ4v) is 2.86. The van der Waals surface area contributed by atoms with Crippen LogP contribution >= 0.6 is 15.9 Å². The second-order valence-corrected chi connectivity index (χ2v) is 7.04. The van der Waals surface area contributed by atoms with Crippen LogP contribution in [0.3, 0.4) is 0 Å². The molecule has 7 nitrogen and oxygen atoms in total. The van der Waals surface area contributed by atoms with Crippen molar-refractivity contribution in [3.63, 3.8) is 0 Å². The molecule has 0 aliphatic heterocycles. The Labute approximate surface area is 161 Å². The van der Waals surface area contributed by atoms with E-state index in [0.717, 1.165) is 41.2 Å². The van der Waals surface area contributed by atoms with E-state index in [1.54, 1.807) is 12.5 Å². The molecule has 0 amide bonds.